The van der Waals surface area contributed by atoms with Gasteiger partial charge in [-0.05, 0) is 37.1 Å². The van der Waals surface area contributed by atoms with E-state index in [0.29, 0.717) is 6.04 Å². The molecule has 0 bridgehead atoms. The molecule has 3 nitrogen and oxygen atoms in total. The van der Waals surface area contributed by atoms with Crippen molar-refractivity contribution in [1.29, 1.82) is 0 Å². The zero-order valence-corrected chi connectivity index (χ0v) is 13.4. The Morgan fingerprint density at radius 1 is 1.32 bits per heavy atom. The van der Waals surface area contributed by atoms with E-state index in [4.69, 9.17) is 5.73 Å². The molecule has 1 rings (SSSR count). The largest absolute Gasteiger partial charge is 0.356 e. The fourth-order valence-electron chi connectivity index (χ4n) is 2.08. The molecule has 0 amide bonds. The molecule has 0 spiro atoms. The highest BCUT2D eigenvalue weighted by Gasteiger charge is 2.13. The Morgan fingerprint density at radius 3 is 2.53 bits per heavy atom. The first-order chi connectivity index (χ1) is 9.12. The second-order valence-corrected chi connectivity index (χ2v) is 5.94. The normalized spacial score (nSPS) is 14.2. The van der Waals surface area contributed by atoms with Crippen LogP contribution in [0.15, 0.2) is 18.3 Å². The average Bonchev–Trinajstić information content (AvgIpc) is 2.44. The van der Waals surface area contributed by atoms with Crippen molar-refractivity contribution in [2.75, 3.05) is 24.0 Å². The summed E-state index contributed by atoms with van der Waals surface area (Å²) in [5, 5.41) is 0. The molecule has 0 aliphatic rings. The van der Waals surface area contributed by atoms with E-state index in [1.54, 1.807) is 0 Å². The van der Waals surface area contributed by atoms with E-state index in [1.165, 1.54) is 5.56 Å². The minimum Gasteiger partial charge on any atom is -0.356 e. The van der Waals surface area contributed by atoms with Crippen molar-refractivity contribution in [2.45, 2.75) is 45.2 Å². The van der Waals surface area contributed by atoms with Gasteiger partial charge < -0.3 is 10.6 Å². The molecule has 0 aliphatic heterocycles. The maximum atomic E-state index is 5.97. The van der Waals surface area contributed by atoms with E-state index in [-0.39, 0.29) is 6.04 Å². The molecule has 2 N–H and O–H groups in total. The van der Waals surface area contributed by atoms with E-state index in [0.717, 1.165) is 30.8 Å². The first-order valence-electron chi connectivity index (χ1n) is 7.04. The zero-order chi connectivity index (χ0) is 14.3. The average molecular weight is 281 g/mol. The van der Waals surface area contributed by atoms with Gasteiger partial charge in [0.15, 0.2) is 0 Å². The molecule has 0 saturated carbocycles. The van der Waals surface area contributed by atoms with E-state index in [1.807, 2.05) is 18.0 Å². The zero-order valence-electron chi connectivity index (χ0n) is 12.6. The quantitative estimate of drug-likeness (QED) is 0.795. The third-order valence-electron chi connectivity index (χ3n) is 3.57. The van der Waals surface area contributed by atoms with Gasteiger partial charge in [0.05, 0.1) is 0 Å². The van der Waals surface area contributed by atoms with Crippen LogP contribution in [-0.2, 0) is 6.42 Å². The van der Waals surface area contributed by atoms with Crippen LogP contribution in [0.5, 0.6) is 0 Å². The van der Waals surface area contributed by atoms with Crippen LogP contribution in [0, 0.1) is 0 Å². The molecule has 0 aromatic carbocycles. The third-order valence-corrected chi connectivity index (χ3v) is 4.29. The summed E-state index contributed by atoms with van der Waals surface area (Å²) >= 11 is 1.89. The van der Waals surface area contributed by atoms with Crippen LogP contribution < -0.4 is 10.6 Å². The molecule has 1 aromatic rings. The summed E-state index contributed by atoms with van der Waals surface area (Å²) in [5.41, 5.74) is 7.20. The van der Waals surface area contributed by atoms with Gasteiger partial charge in [0, 0.05) is 31.1 Å². The topological polar surface area (TPSA) is 42.1 Å². The van der Waals surface area contributed by atoms with Crippen molar-refractivity contribution >= 4 is 17.6 Å². The molecule has 1 heterocycles. The summed E-state index contributed by atoms with van der Waals surface area (Å²) in [4.78, 5) is 6.86. The fourth-order valence-corrected chi connectivity index (χ4v) is 2.92. The van der Waals surface area contributed by atoms with E-state index in [9.17, 15) is 0 Å². The van der Waals surface area contributed by atoms with Gasteiger partial charge in [-0.1, -0.05) is 19.9 Å². The van der Waals surface area contributed by atoms with Crippen molar-refractivity contribution in [3.8, 4) is 0 Å². The Labute approximate surface area is 122 Å². The summed E-state index contributed by atoms with van der Waals surface area (Å²) in [6, 6.07) is 5.05. The third kappa shape index (κ3) is 5.03. The second-order valence-electron chi connectivity index (χ2n) is 5.03. The SMILES string of the molecule is CCC(N)Cc1ccc(N(C)C(CC)CSC)nc1. The number of hydrogen-bond donors (Lipinski definition) is 1. The molecule has 0 aliphatic carbocycles. The molecule has 0 fully saturated rings. The molecule has 4 heteroatoms. The number of aromatic nitrogens is 1. The van der Waals surface area contributed by atoms with Crippen LogP contribution in [0.2, 0.25) is 0 Å². The van der Waals surface area contributed by atoms with Crippen LogP contribution >= 0.6 is 11.8 Å². The summed E-state index contributed by atoms with van der Waals surface area (Å²) in [6.07, 6.45) is 7.18. The highest BCUT2D eigenvalue weighted by atomic mass is 32.2. The number of thioether (sulfide) groups is 1. The monoisotopic (exact) mass is 281 g/mol. The Kier molecular flexibility index (Phi) is 7.24. The van der Waals surface area contributed by atoms with Crippen LogP contribution in [0.1, 0.15) is 32.3 Å². The summed E-state index contributed by atoms with van der Waals surface area (Å²) < 4.78 is 0. The van der Waals surface area contributed by atoms with Crippen molar-refractivity contribution in [1.82, 2.24) is 4.98 Å². The number of nitrogens with zero attached hydrogens (tertiary/aromatic N) is 2. The van der Waals surface area contributed by atoms with Crippen molar-refractivity contribution in [3.05, 3.63) is 23.9 Å². The maximum Gasteiger partial charge on any atom is 0.128 e. The number of pyridine rings is 1. The second kappa shape index (κ2) is 8.43. The lowest BCUT2D eigenvalue weighted by Crippen LogP contribution is -2.33. The Bertz CT molecular complexity index is 353. The van der Waals surface area contributed by atoms with Gasteiger partial charge in [0.2, 0.25) is 0 Å². The lowest BCUT2D eigenvalue weighted by Gasteiger charge is -2.27. The minimum absolute atomic E-state index is 0.241. The van der Waals surface area contributed by atoms with Crippen molar-refractivity contribution < 1.29 is 0 Å². The molecule has 0 radical (unpaired) electrons. The van der Waals surface area contributed by atoms with Gasteiger partial charge in [-0.15, -0.1) is 0 Å². The van der Waals surface area contributed by atoms with Gasteiger partial charge in [-0.25, -0.2) is 4.98 Å². The predicted molar refractivity (Wildman–Crippen MR) is 87.1 cm³/mol. The van der Waals surface area contributed by atoms with Gasteiger partial charge in [0.25, 0.3) is 0 Å². The van der Waals surface area contributed by atoms with Crippen molar-refractivity contribution in [2.24, 2.45) is 5.73 Å². The smallest absolute Gasteiger partial charge is 0.128 e. The number of rotatable bonds is 8. The summed E-state index contributed by atoms with van der Waals surface area (Å²) in [5.74, 6) is 2.19. The maximum absolute atomic E-state index is 5.97. The predicted octanol–water partition coefficient (Wildman–Crippen LogP) is 2.94. The van der Waals surface area contributed by atoms with Crippen LogP contribution in [0.25, 0.3) is 0 Å². The van der Waals surface area contributed by atoms with E-state index >= 15 is 0 Å². The highest BCUT2D eigenvalue weighted by molar-refractivity contribution is 7.98. The number of anilines is 1. The fraction of sp³-hybridized carbons (Fsp3) is 0.667. The first kappa shape index (κ1) is 16.3. The lowest BCUT2D eigenvalue weighted by atomic mass is 10.1. The van der Waals surface area contributed by atoms with Gasteiger partial charge in [0.1, 0.15) is 5.82 Å². The lowest BCUT2D eigenvalue weighted by molar-refractivity contribution is 0.643. The number of nitrogens with two attached hydrogens (primary N) is 1. The van der Waals surface area contributed by atoms with E-state index < -0.39 is 0 Å². The molecule has 108 valence electrons. The summed E-state index contributed by atoms with van der Waals surface area (Å²) in [6.45, 7) is 4.35. The molecular weight excluding hydrogens is 254 g/mol. The minimum atomic E-state index is 0.241. The first-order valence-corrected chi connectivity index (χ1v) is 8.44. The van der Waals surface area contributed by atoms with Crippen molar-refractivity contribution in [3.63, 3.8) is 0 Å². The number of hydrogen-bond acceptors (Lipinski definition) is 4. The van der Waals surface area contributed by atoms with Gasteiger partial charge >= 0.3 is 0 Å². The van der Waals surface area contributed by atoms with E-state index in [2.05, 4.69) is 49.2 Å². The van der Waals surface area contributed by atoms with Gasteiger partial charge in [-0.2, -0.15) is 11.8 Å². The molecule has 19 heavy (non-hydrogen) atoms. The molecule has 1 aromatic heterocycles. The van der Waals surface area contributed by atoms with Gasteiger partial charge in [-0.3, -0.25) is 0 Å². The molecule has 0 saturated heterocycles. The van der Waals surface area contributed by atoms with Crippen LogP contribution in [0.3, 0.4) is 0 Å². The molecule has 2 atom stereocenters. The van der Waals surface area contributed by atoms with Crippen LogP contribution in [0.4, 0.5) is 5.82 Å². The Balaban J connectivity index is 2.69. The Morgan fingerprint density at radius 2 is 2.05 bits per heavy atom. The standard InChI is InChI=1S/C15H27N3S/c1-5-13(16)9-12-7-8-15(17-10-12)18(3)14(6-2)11-19-4/h7-8,10,13-14H,5-6,9,11,16H2,1-4H3. The highest BCUT2D eigenvalue weighted by Crippen LogP contribution is 2.17. The summed E-state index contributed by atoms with van der Waals surface area (Å²) in [7, 11) is 2.13. The Hall–Kier alpha value is -0.740. The molecular formula is C15H27N3S. The molecule has 2 unspecified atom stereocenters. The van der Waals surface area contributed by atoms with Crippen LogP contribution in [-0.4, -0.2) is 36.1 Å².